The molecule has 0 saturated carbocycles. The van der Waals surface area contributed by atoms with E-state index in [9.17, 15) is 4.79 Å². The highest BCUT2D eigenvalue weighted by atomic mass is 32.1. The Morgan fingerprint density at radius 3 is 2.94 bits per heavy atom. The second-order valence-corrected chi connectivity index (χ2v) is 3.72. The van der Waals surface area contributed by atoms with Crippen LogP contribution in [0, 0.1) is 11.3 Å². The van der Waals surface area contributed by atoms with Gasteiger partial charge in [0.1, 0.15) is 11.1 Å². The molecule has 0 fully saturated rings. The molecule has 0 atom stereocenters. The molecule has 0 saturated heterocycles. The van der Waals surface area contributed by atoms with E-state index < -0.39 is 5.97 Å². The summed E-state index contributed by atoms with van der Waals surface area (Å²) in [5.41, 5.74) is -0.115. The number of nitrogens with one attached hydrogen (secondary N) is 1. The maximum atomic E-state index is 11.0. The fraction of sp³-hybridized carbons (Fsp3) is 0.333. The third kappa shape index (κ3) is 3.03. The number of nitrogens with zero attached hydrogens (tertiary/aromatic N) is 3. The predicted octanol–water partition coefficient (Wildman–Crippen LogP) is 1.09. The number of aromatic nitrogens is 2. The first-order valence-corrected chi connectivity index (χ1v) is 5.30. The monoisotopic (exact) mass is 238 g/mol. The Bertz CT molecular complexity index is 447. The number of anilines is 1. The third-order valence-corrected chi connectivity index (χ3v) is 2.63. The van der Waals surface area contributed by atoms with Gasteiger partial charge >= 0.3 is 5.97 Å². The fourth-order valence-corrected chi connectivity index (χ4v) is 1.48. The zero-order valence-corrected chi connectivity index (χ0v) is 9.67. The molecule has 0 unspecified atom stereocenters. The van der Waals surface area contributed by atoms with Gasteiger partial charge in [-0.05, 0) is 6.42 Å². The highest BCUT2D eigenvalue weighted by Gasteiger charge is 2.08. The highest BCUT2D eigenvalue weighted by molar-refractivity contribution is 7.15. The van der Waals surface area contributed by atoms with Gasteiger partial charge in [-0.15, -0.1) is 10.2 Å². The van der Waals surface area contributed by atoms with Crippen LogP contribution in [0.2, 0.25) is 0 Å². The molecule has 0 aliphatic rings. The van der Waals surface area contributed by atoms with Gasteiger partial charge in [0.05, 0.1) is 7.11 Å². The van der Waals surface area contributed by atoms with Crippen molar-refractivity contribution in [3.05, 3.63) is 16.8 Å². The van der Waals surface area contributed by atoms with E-state index in [0.29, 0.717) is 5.13 Å². The zero-order chi connectivity index (χ0) is 12.0. The molecule has 0 aliphatic heterocycles. The SMILES string of the molecule is CCc1nnc(N/C=C(/C#N)C(=O)OC)s1. The number of nitriles is 1. The lowest BCUT2D eigenvalue weighted by atomic mass is 10.3. The van der Waals surface area contributed by atoms with Crippen molar-refractivity contribution in [2.45, 2.75) is 13.3 Å². The molecular weight excluding hydrogens is 228 g/mol. The van der Waals surface area contributed by atoms with Crippen LogP contribution in [0.1, 0.15) is 11.9 Å². The number of carbonyl (C=O) groups excluding carboxylic acids is 1. The van der Waals surface area contributed by atoms with E-state index in [1.54, 1.807) is 6.07 Å². The maximum Gasteiger partial charge on any atom is 0.350 e. The van der Waals surface area contributed by atoms with E-state index in [1.807, 2.05) is 6.92 Å². The Balaban J connectivity index is 2.71. The standard InChI is InChI=1S/C9H10N4O2S/c1-3-7-12-13-9(16-7)11-5-6(4-10)8(14)15-2/h5H,3H2,1-2H3,(H,11,13)/b6-5-. The molecule has 1 aromatic rings. The van der Waals surface area contributed by atoms with Crippen molar-refractivity contribution in [3.63, 3.8) is 0 Å². The number of aryl methyl sites for hydroxylation is 1. The molecule has 1 aromatic heterocycles. The van der Waals surface area contributed by atoms with Crippen molar-refractivity contribution in [3.8, 4) is 6.07 Å². The van der Waals surface area contributed by atoms with E-state index in [1.165, 1.54) is 24.6 Å². The van der Waals surface area contributed by atoms with E-state index >= 15 is 0 Å². The van der Waals surface area contributed by atoms with E-state index in [0.717, 1.165) is 11.4 Å². The summed E-state index contributed by atoms with van der Waals surface area (Å²) in [5.74, 6) is -0.685. The number of hydrogen-bond acceptors (Lipinski definition) is 7. The van der Waals surface area contributed by atoms with Crippen molar-refractivity contribution >= 4 is 22.4 Å². The quantitative estimate of drug-likeness (QED) is 0.480. The number of esters is 1. The molecule has 1 N–H and O–H groups in total. The minimum absolute atomic E-state index is 0.115. The van der Waals surface area contributed by atoms with Gasteiger partial charge in [-0.25, -0.2) is 4.79 Å². The average molecular weight is 238 g/mol. The van der Waals surface area contributed by atoms with Crippen molar-refractivity contribution in [2.24, 2.45) is 0 Å². The Labute approximate surface area is 96.6 Å². The third-order valence-electron chi connectivity index (χ3n) is 1.64. The summed E-state index contributed by atoms with van der Waals surface area (Å²) in [7, 11) is 1.22. The summed E-state index contributed by atoms with van der Waals surface area (Å²) in [4.78, 5) is 11.0. The number of carbonyl (C=O) groups is 1. The Kier molecular flexibility index (Phi) is 4.42. The maximum absolute atomic E-state index is 11.0. The average Bonchev–Trinajstić information content (AvgIpc) is 2.77. The molecule has 7 heteroatoms. The van der Waals surface area contributed by atoms with Crippen LogP contribution in [0.4, 0.5) is 5.13 Å². The van der Waals surface area contributed by atoms with Crippen molar-refractivity contribution < 1.29 is 9.53 Å². The summed E-state index contributed by atoms with van der Waals surface area (Å²) in [6.45, 7) is 1.97. The molecule has 0 radical (unpaired) electrons. The van der Waals surface area contributed by atoms with Gasteiger partial charge in [-0.2, -0.15) is 5.26 Å². The van der Waals surface area contributed by atoms with Crippen LogP contribution >= 0.6 is 11.3 Å². The Hall–Kier alpha value is -1.94. The molecule has 1 heterocycles. The van der Waals surface area contributed by atoms with Crippen LogP contribution < -0.4 is 5.32 Å². The lowest BCUT2D eigenvalue weighted by molar-refractivity contribution is -0.135. The van der Waals surface area contributed by atoms with E-state index in [-0.39, 0.29) is 5.57 Å². The predicted molar refractivity (Wildman–Crippen MR) is 58.6 cm³/mol. The molecular formula is C9H10N4O2S. The molecule has 0 amide bonds. The van der Waals surface area contributed by atoms with Crippen LogP contribution in [-0.2, 0) is 16.0 Å². The molecule has 16 heavy (non-hydrogen) atoms. The normalized spacial score (nSPS) is 10.7. The summed E-state index contributed by atoms with van der Waals surface area (Å²) >= 11 is 1.37. The first-order valence-electron chi connectivity index (χ1n) is 4.48. The molecule has 1 rings (SSSR count). The molecule has 84 valence electrons. The second-order valence-electron chi connectivity index (χ2n) is 2.66. The second kappa shape index (κ2) is 5.82. The summed E-state index contributed by atoms with van der Waals surface area (Å²) in [6.07, 6.45) is 2.05. The smallest absolute Gasteiger partial charge is 0.350 e. The molecule has 0 aliphatic carbocycles. The molecule has 0 aromatic carbocycles. The van der Waals surface area contributed by atoms with Gasteiger partial charge in [0, 0.05) is 6.20 Å². The lowest BCUT2D eigenvalue weighted by Crippen LogP contribution is -2.05. The number of ether oxygens (including phenoxy) is 1. The van der Waals surface area contributed by atoms with Crippen molar-refractivity contribution in [1.29, 1.82) is 5.26 Å². The van der Waals surface area contributed by atoms with Gasteiger partial charge in [0.25, 0.3) is 0 Å². The summed E-state index contributed by atoms with van der Waals surface area (Å²) in [5, 5.41) is 20.5. The van der Waals surface area contributed by atoms with Crippen LogP contribution in [0.3, 0.4) is 0 Å². The van der Waals surface area contributed by atoms with Gasteiger partial charge in [-0.3, -0.25) is 0 Å². The van der Waals surface area contributed by atoms with Gasteiger partial charge in [0.2, 0.25) is 5.13 Å². The van der Waals surface area contributed by atoms with Crippen LogP contribution in [0.25, 0.3) is 0 Å². The Morgan fingerprint density at radius 1 is 1.69 bits per heavy atom. The van der Waals surface area contributed by atoms with E-state index in [2.05, 4.69) is 20.3 Å². The first-order chi connectivity index (χ1) is 7.71. The largest absolute Gasteiger partial charge is 0.465 e. The summed E-state index contributed by atoms with van der Waals surface area (Å²) < 4.78 is 4.42. The summed E-state index contributed by atoms with van der Waals surface area (Å²) in [6, 6.07) is 1.72. The Morgan fingerprint density at radius 2 is 2.44 bits per heavy atom. The lowest BCUT2D eigenvalue weighted by Gasteiger charge is -1.96. The van der Waals surface area contributed by atoms with Gasteiger partial charge in [-0.1, -0.05) is 18.3 Å². The van der Waals surface area contributed by atoms with Crippen molar-refractivity contribution in [2.75, 3.05) is 12.4 Å². The van der Waals surface area contributed by atoms with Gasteiger partial charge < -0.3 is 10.1 Å². The topological polar surface area (TPSA) is 87.9 Å². The number of rotatable bonds is 4. The molecule has 0 bridgehead atoms. The van der Waals surface area contributed by atoms with Crippen LogP contribution in [-0.4, -0.2) is 23.3 Å². The number of hydrogen-bond donors (Lipinski definition) is 1. The van der Waals surface area contributed by atoms with Gasteiger partial charge in [0.15, 0.2) is 5.57 Å². The zero-order valence-electron chi connectivity index (χ0n) is 8.85. The van der Waals surface area contributed by atoms with Crippen LogP contribution in [0.15, 0.2) is 11.8 Å². The molecule has 0 spiro atoms. The molecule has 6 nitrogen and oxygen atoms in total. The van der Waals surface area contributed by atoms with E-state index in [4.69, 9.17) is 5.26 Å². The highest BCUT2D eigenvalue weighted by Crippen LogP contribution is 2.15. The van der Waals surface area contributed by atoms with Crippen molar-refractivity contribution in [1.82, 2.24) is 10.2 Å². The minimum Gasteiger partial charge on any atom is -0.465 e. The minimum atomic E-state index is -0.685. The number of methoxy groups -OCH3 is 1. The van der Waals surface area contributed by atoms with Crippen LogP contribution in [0.5, 0.6) is 0 Å². The first kappa shape index (κ1) is 12.1. The fourth-order valence-electron chi connectivity index (χ4n) is 0.836.